The van der Waals surface area contributed by atoms with Crippen molar-refractivity contribution >= 4 is 27.0 Å². The van der Waals surface area contributed by atoms with Gasteiger partial charge in [-0.3, -0.25) is 4.72 Å². The zero-order valence-corrected chi connectivity index (χ0v) is 15.8. The van der Waals surface area contributed by atoms with Crippen LogP contribution in [0.3, 0.4) is 0 Å². The number of hydrogen-bond acceptors (Lipinski definition) is 6. The van der Waals surface area contributed by atoms with Gasteiger partial charge < -0.3 is 5.73 Å². The third-order valence-corrected chi connectivity index (χ3v) is 7.01. The minimum Gasteiger partial charge on any atom is -0.327 e. The molecule has 1 aromatic heterocycles. The molecule has 27 heavy (non-hydrogen) atoms. The van der Waals surface area contributed by atoms with E-state index in [1.165, 1.54) is 12.1 Å². The lowest BCUT2D eigenvalue weighted by Gasteiger charge is -2.10. The predicted octanol–water partition coefficient (Wildman–Crippen LogP) is 3.30. The van der Waals surface area contributed by atoms with Gasteiger partial charge in [0.25, 0.3) is 10.0 Å². The van der Waals surface area contributed by atoms with E-state index in [1.54, 1.807) is 41.7 Å². The van der Waals surface area contributed by atoms with E-state index in [4.69, 9.17) is 11.0 Å². The molecule has 0 saturated heterocycles. The van der Waals surface area contributed by atoms with Gasteiger partial charge >= 0.3 is 0 Å². The summed E-state index contributed by atoms with van der Waals surface area (Å²) in [6.45, 7) is 0. The smallest absolute Gasteiger partial charge is 0.263 e. The van der Waals surface area contributed by atoms with Crippen LogP contribution in [0.15, 0.2) is 59.6 Å². The van der Waals surface area contributed by atoms with Crippen molar-refractivity contribution in [1.29, 1.82) is 5.26 Å². The Balaban J connectivity index is 1.61. The molecule has 1 aliphatic carbocycles. The molecule has 0 amide bonds. The maximum atomic E-state index is 12.7. The van der Waals surface area contributed by atoms with Gasteiger partial charge in [0.2, 0.25) is 0 Å². The Morgan fingerprint density at radius 3 is 2.74 bits per heavy atom. The molecule has 3 N–H and O–H groups in total. The Bertz CT molecular complexity index is 1150. The van der Waals surface area contributed by atoms with Crippen molar-refractivity contribution in [3.8, 4) is 16.6 Å². The van der Waals surface area contributed by atoms with Crippen LogP contribution >= 0.6 is 11.3 Å². The van der Waals surface area contributed by atoms with Crippen LogP contribution in [-0.4, -0.2) is 19.4 Å². The van der Waals surface area contributed by atoms with Crippen LogP contribution in [0, 0.1) is 11.3 Å². The summed E-state index contributed by atoms with van der Waals surface area (Å²) in [5, 5.41) is 9.98. The second-order valence-corrected chi connectivity index (χ2v) is 9.08. The molecule has 1 aliphatic rings. The van der Waals surface area contributed by atoms with E-state index in [1.807, 2.05) is 18.3 Å². The molecule has 0 radical (unpaired) electrons. The molecule has 0 spiro atoms. The first-order valence-corrected chi connectivity index (χ1v) is 10.6. The van der Waals surface area contributed by atoms with Gasteiger partial charge in [0.15, 0.2) is 0 Å². The number of hydrogen-bond donors (Lipinski definition) is 2. The van der Waals surface area contributed by atoms with Crippen LogP contribution in [0.5, 0.6) is 0 Å². The van der Waals surface area contributed by atoms with Crippen molar-refractivity contribution in [3.05, 3.63) is 65.2 Å². The minimum absolute atomic E-state index is 0.0443. The topological polar surface area (TPSA) is 109 Å². The highest BCUT2D eigenvalue weighted by atomic mass is 32.2. The van der Waals surface area contributed by atoms with E-state index in [0.717, 1.165) is 21.9 Å². The standard InChI is InChI=1S/C19H16N4O2S2/c20-10-13-4-1-2-7-18(13)27(24,25)23-14-6-3-5-12(8-14)19-22-11-17(26-19)15-9-16(15)21/h1-8,11,15-16,23H,9,21H2/t15-,16-/m1/s1. The van der Waals surface area contributed by atoms with Crippen LogP contribution < -0.4 is 10.5 Å². The number of nitrogens with two attached hydrogens (primary N) is 1. The van der Waals surface area contributed by atoms with Crippen LogP contribution in [0.1, 0.15) is 22.8 Å². The number of aromatic nitrogens is 1. The Labute approximate surface area is 161 Å². The van der Waals surface area contributed by atoms with E-state index in [9.17, 15) is 8.42 Å². The molecule has 136 valence electrons. The first kappa shape index (κ1) is 17.7. The number of benzene rings is 2. The van der Waals surface area contributed by atoms with Gasteiger partial charge in [-0.25, -0.2) is 13.4 Å². The van der Waals surface area contributed by atoms with Gasteiger partial charge in [0.1, 0.15) is 16.0 Å². The van der Waals surface area contributed by atoms with Crippen molar-refractivity contribution < 1.29 is 8.42 Å². The molecule has 3 aromatic rings. The van der Waals surface area contributed by atoms with Gasteiger partial charge in [-0.15, -0.1) is 11.3 Å². The second-order valence-electron chi connectivity index (χ2n) is 6.37. The van der Waals surface area contributed by atoms with Crippen LogP contribution in [0.25, 0.3) is 10.6 Å². The van der Waals surface area contributed by atoms with Gasteiger partial charge in [-0.1, -0.05) is 24.3 Å². The molecule has 1 fully saturated rings. The fourth-order valence-electron chi connectivity index (χ4n) is 2.85. The zero-order valence-electron chi connectivity index (χ0n) is 14.2. The quantitative estimate of drug-likeness (QED) is 0.688. The maximum absolute atomic E-state index is 12.7. The fraction of sp³-hybridized carbons (Fsp3) is 0.158. The van der Waals surface area contributed by atoms with Gasteiger partial charge in [0, 0.05) is 34.3 Å². The minimum atomic E-state index is -3.87. The van der Waals surface area contributed by atoms with E-state index in [0.29, 0.717) is 11.6 Å². The Hall–Kier alpha value is -2.73. The molecule has 0 bridgehead atoms. The molecular formula is C19H16N4O2S2. The number of nitriles is 1. The van der Waals surface area contributed by atoms with Gasteiger partial charge in [-0.2, -0.15) is 5.26 Å². The Morgan fingerprint density at radius 2 is 2.00 bits per heavy atom. The van der Waals surface area contributed by atoms with E-state index >= 15 is 0 Å². The van der Waals surface area contributed by atoms with Crippen molar-refractivity contribution in [3.63, 3.8) is 0 Å². The average Bonchev–Trinajstić information content (AvgIpc) is 3.19. The summed E-state index contributed by atoms with van der Waals surface area (Å²) in [4.78, 5) is 5.56. The predicted molar refractivity (Wildman–Crippen MR) is 105 cm³/mol. The van der Waals surface area contributed by atoms with Crippen LogP contribution in [0.2, 0.25) is 0 Å². The molecule has 4 rings (SSSR count). The summed E-state index contributed by atoms with van der Waals surface area (Å²) < 4.78 is 27.9. The number of nitrogens with zero attached hydrogens (tertiary/aromatic N) is 2. The highest BCUT2D eigenvalue weighted by Gasteiger charge is 2.36. The molecule has 0 aliphatic heterocycles. The Morgan fingerprint density at radius 1 is 1.22 bits per heavy atom. The summed E-state index contributed by atoms with van der Waals surface area (Å²) in [7, 11) is -3.87. The molecule has 8 heteroatoms. The first-order chi connectivity index (χ1) is 13.0. The van der Waals surface area contributed by atoms with Gasteiger partial charge in [0.05, 0.1) is 5.56 Å². The van der Waals surface area contributed by atoms with Crippen LogP contribution in [-0.2, 0) is 10.0 Å². The van der Waals surface area contributed by atoms with Crippen LogP contribution in [0.4, 0.5) is 5.69 Å². The number of rotatable bonds is 5. The van der Waals surface area contributed by atoms with E-state index < -0.39 is 10.0 Å². The molecular weight excluding hydrogens is 380 g/mol. The average molecular weight is 396 g/mol. The number of nitrogens with one attached hydrogen (secondary N) is 1. The number of anilines is 1. The highest BCUT2D eigenvalue weighted by molar-refractivity contribution is 7.92. The van der Waals surface area contributed by atoms with E-state index in [2.05, 4.69) is 9.71 Å². The first-order valence-electron chi connectivity index (χ1n) is 8.31. The molecule has 2 atom stereocenters. The summed E-state index contributed by atoms with van der Waals surface area (Å²) in [5.74, 6) is 0.389. The second kappa shape index (κ2) is 6.78. The maximum Gasteiger partial charge on any atom is 0.263 e. The van der Waals surface area contributed by atoms with Crippen molar-refractivity contribution in [2.75, 3.05) is 4.72 Å². The number of thiazole rings is 1. The zero-order chi connectivity index (χ0) is 19.0. The third-order valence-electron chi connectivity index (χ3n) is 4.39. The normalized spacial score (nSPS) is 18.7. The molecule has 1 saturated carbocycles. The fourth-order valence-corrected chi connectivity index (χ4v) is 5.16. The third kappa shape index (κ3) is 3.57. The Kier molecular flexibility index (Phi) is 4.44. The summed E-state index contributed by atoms with van der Waals surface area (Å²) in [6, 6.07) is 15.3. The lowest BCUT2D eigenvalue weighted by molar-refractivity contribution is 0.601. The summed E-state index contributed by atoms with van der Waals surface area (Å²) in [5.41, 5.74) is 7.25. The van der Waals surface area contributed by atoms with Gasteiger partial charge in [-0.05, 0) is 30.7 Å². The lowest BCUT2D eigenvalue weighted by Crippen LogP contribution is -2.14. The highest BCUT2D eigenvalue weighted by Crippen LogP contribution is 2.43. The number of sulfonamides is 1. The van der Waals surface area contributed by atoms with Crippen molar-refractivity contribution in [2.24, 2.45) is 5.73 Å². The molecule has 2 aromatic carbocycles. The lowest BCUT2D eigenvalue weighted by atomic mass is 10.2. The van der Waals surface area contributed by atoms with Crippen molar-refractivity contribution in [2.45, 2.75) is 23.3 Å². The molecule has 0 unspecified atom stereocenters. The summed E-state index contributed by atoms with van der Waals surface area (Å²) in [6.07, 6.45) is 2.83. The van der Waals surface area contributed by atoms with Crippen molar-refractivity contribution in [1.82, 2.24) is 4.98 Å². The largest absolute Gasteiger partial charge is 0.327 e. The SMILES string of the molecule is N#Cc1ccccc1S(=O)(=O)Nc1cccc(-c2ncc([C@@H]3C[C@H]3N)s2)c1. The molecule has 6 nitrogen and oxygen atoms in total. The monoisotopic (exact) mass is 396 g/mol. The summed E-state index contributed by atoms with van der Waals surface area (Å²) >= 11 is 1.58. The van der Waals surface area contributed by atoms with E-state index in [-0.39, 0.29) is 16.5 Å². The molecule has 1 heterocycles.